The zero-order valence-corrected chi connectivity index (χ0v) is 11.1. The molecule has 0 atom stereocenters. The molecule has 0 amide bonds. The molecule has 0 bridgehead atoms. The molecule has 0 unspecified atom stereocenters. The Kier molecular flexibility index (Phi) is 3.22. The Morgan fingerprint density at radius 2 is 1.87 bits per heavy atom. The van der Waals surface area contributed by atoms with Crippen LogP contribution in [0.25, 0.3) is 10.6 Å². The predicted octanol–water partition coefficient (Wildman–Crippen LogP) is 4.70. The third-order valence-electron chi connectivity index (χ3n) is 2.18. The lowest BCUT2D eigenvalue weighted by Crippen LogP contribution is -1.87. The van der Waals surface area contributed by atoms with Crippen LogP contribution in [0, 0.1) is 0 Å². The Hall–Kier alpha value is -0.670. The highest BCUT2D eigenvalue weighted by molar-refractivity contribution is 9.11. The maximum Gasteiger partial charge on any atom is 0.124 e. The van der Waals surface area contributed by atoms with Gasteiger partial charge in [-0.1, -0.05) is 44.2 Å². The van der Waals surface area contributed by atoms with Crippen molar-refractivity contribution in [2.75, 3.05) is 0 Å². The number of hydrogen-bond acceptors (Lipinski definition) is 2. The van der Waals surface area contributed by atoms with Crippen molar-refractivity contribution in [1.82, 2.24) is 4.98 Å². The zero-order valence-electron chi connectivity index (χ0n) is 8.70. The second-order valence-corrected chi connectivity index (χ2v) is 6.02. The lowest BCUT2D eigenvalue weighted by molar-refractivity contribution is 0.829. The summed E-state index contributed by atoms with van der Waals surface area (Å²) < 4.78 is 1.15. The van der Waals surface area contributed by atoms with Gasteiger partial charge in [-0.25, -0.2) is 4.98 Å². The summed E-state index contributed by atoms with van der Waals surface area (Å²) in [6.07, 6.45) is 0. The summed E-state index contributed by atoms with van der Waals surface area (Å²) >= 11 is 5.27. The highest BCUT2D eigenvalue weighted by Crippen LogP contribution is 2.35. The number of aromatic nitrogens is 1. The number of halogens is 1. The van der Waals surface area contributed by atoms with E-state index < -0.39 is 0 Å². The lowest BCUT2D eigenvalue weighted by atomic mass is 10.1. The first-order chi connectivity index (χ1) is 7.18. The molecule has 0 aliphatic heterocycles. The number of benzene rings is 1. The lowest BCUT2D eigenvalue weighted by Gasteiger charge is -1.98. The number of rotatable bonds is 2. The van der Waals surface area contributed by atoms with Crippen molar-refractivity contribution in [2.45, 2.75) is 19.8 Å². The molecule has 0 spiro atoms. The highest BCUT2D eigenvalue weighted by Gasteiger charge is 2.12. The normalized spacial score (nSPS) is 10.9. The largest absolute Gasteiger partial charge is 0.240 e. The van der Waals surface area contributed by atoms with Gasteiger partial charge in [0.1, 0.15) is 5.01 Å². The van der Waals surface area contributed by atoms with Crippen LogP contribution in [0.5, 0.6) is 0 Å². The van der Waals surface area contributed by atoms with E-state index in [0.29, 0.717) is 5.92 Å². The maximum atomic E-state index is 4.65. The van der Waals surface area contributed by atoms with E-state index in [4.69, 9.17) is 0 Å². The summed E-state index contributed by atoms with van der Waals surface area (Å²) in [4.78, 5) is 4.65. The molecule has 1 heterocycles. The topological polar surface area (TPSA) is 12.9 Å². The van der Waals surface area contributed by atoms with Gasteiger partial charge in [-0.3, -0.25) is 0 Å². The first-order valence-electron chi connectivity index (χ1n) is 4.90. The van der Waals surface area contributed by atoms with E-state index in [1.54, 1.807) is 11.3 Å². The maximum absolute atomic E-state index is 4.65. The molecule has 1 nitrogen and oxygen atoms in total. The van der Waals surface area contributed by atoms with Gasteiger partial charge in [0, 0.05) is 5.56 Å². The Morgan fingerprint density at radius 3 is 2.40 bits per heavy atom. The van der Waals surface area contributed by atoms with Gasteiger partial charge in [0.05, 0.1) is 9.48 Å². The first-order valence-corrected chi connectivity index (χ1v) is 6.51. The van der Waals surface area contributed by atoms with E-state index in [2.05, 4.69) is 46.9 Å². The van der Waals surface area contributed by atoms with Crippen molar-refractivity contribution >= 4 is 27.3 Å². The van der Waals surface area contributed by atoms with E-state index in [-0.39, 0.29) is 0 Å². The molecule has 0 N–H and O–H groups in total. The average Bonchev–Trinajstić information content (AvgIpc) is 2.62. The molecule has 1 aromatic carbocycles. The summed E-state index contributed by atoms with van der Waals surface area (Å²) in [5, 5.41) is 1.09. The van der Waals surface area contributed by atoms with Crippen LogP contribution >= 0.6 is 27.3 Å². The van der Waals surface area contributed by atoms with Gasteiger partial charge in [-0.05, 0) is 21.8 Å². The van der Waals surface area contributed by atoms with E-state index >= 15 is 0 Å². The molecule has 0 aliphatic rings. The fourth-order valence-corrected chi connectivity index (χ4v) is 3.33. The van der Waals surface area contributed by atoms with Gasteiger partial charge < -0.3 is 0 Å². The van der Waals surface area contributed by atoms with Crippen LogP contribution in [-0.4, -0.2) is 4.98 Å². The molecule has 2 rings (SSSR count). The third kappa shape index (κ3) is 2.29. The fraction of sp³-hybridized carbons (Fsp3) is 0.250. The molecule has 15 heavy (non-hydrogen) atoms. The molecule has 0 aliphatic carbocycles. The van der Waals surface area contributed by atoms with Crippen molar-refractivity contribution in [1.29, 1.82) is 0 Å². The standard InChI is InChI=1S/C12H12BrNS/c1-8(2)10-11(13)15-12(14-10)9-6-4-3-5-7-9/h3-8H,1-2H3. The van der Waals surface area contributed by atoms with Crippen LogP contribution in [0.4, 0.5) is 0 Å². The minimum Gasteiger partial charge on any atom is -0.240 e. The molecule has 0 saturated carbocycles. The highest BCUT2D eigenvalue weighted by atomic mass is 79.9. The van der Waals surface area contributed by atoms with Crippen LogP contribution < -0.4 is 0 Å². The van der Waals surface area contributed by atoms with Crippen molar-refractivity contribution in [3.8, 4) is 10.6 Å². The first kappa shape index (κ1) is 10.8. The number of hydrogen-bond donors (Lipinski definition) is 0. The van der Waals surface area contributed by atoms with Gasteiger partial charge in [0.15, 0.2) is 0 Å². The molecule has 2 aromatic rings. The minimum atomic E-state index is 0.466. The molecule has 78 valence electrons. The zero-order chi connectivity index (χ0) is 10.8. The minimum absolute atomic E-state index is 0.466. The Morgan fingerprint density at radius 1 is 1.20 bits per heavy atom. The van der Waals surface area contributed by atoms with E-state index in [1.165, 1.54) is 5.56 Å². The molecule has 0 radical (unpaired) electrons. The Bertz CT molecular complexity index is 448. The Labute approximate surface area is 102 Å². The SMILES string of the molecule is CC(C)c1nc(-c2ccccc2)sc1Br. The van der Waals surface area contributed by atoms with E-state index in [0.717, 1.165) is 14.5 Å². The van der Waals surface area contributed by atoms with Crippen LogP contribution in [0.1, 0.15) is 25.5 Å². The van der Waals surface area contributed by atoms with E-state index in [1.807, 2.05) is 18.2 Å². The van der Waals surface area contributed by atoms with Crippen LogP contribution in [0.2, 0.25) is 0 Å². The van der Waals surface area contributed by atoms with Crippen LogP contribution in [0.15, 0.2) is 34.1 Å². The average molecular weight is 282 g/mol. The third-order valence-corrected chi connectivity index (χ3v) is 3.98. The van der Waals surface area contributed by atoms with Gasteiger partial charge in [-0.15, -0.1) is 11.3 Å². The summed E-state index contributed by atoms with van der Waals surface area (Å²) in [6.45, 7) is 4.32. The monoisotopic (exact) mass is 281 g/mol. The van der Waals surface area contributed by atoms with Crippen LogP contribution in [-0.2, 0) is 0 Å². The number of nitrogens with zero attached hydrogens (tertiary/aromatic N) is 1. The van der Waals surface area contributed by atoms with Gasteiger partial charge in [0.2, 0.25) is 0 Å². The molecular formula is C12H12BrNS. The molecule has 3 heteroatoms. The predicted molar refractivity (Wildman–Crippen MR) is 69.3 cm³/mol. The van der Waals surface area contributed by atoms with Crippen molar-refractivity contribution in [3.05, 3.63) is 39.8 Å². The second kappa shape index (κ2) is 4.45. The summed E-state index contributed by atoms with van der Waals surface area (Å²) in [5.74, 6) is 0.466. The van der Waals surface area contributed by atoms with E-state index in [9.17, 15) is 0 Å². The summed E-state index contributed by atoms with van der Waals surface area (Å²) in [7, 11) is 0. The summed E-state index contributed by atoms with van der Waals surface area (Å²) in [6, 6.07) is 10.3. The van der Waals surface area contributed by atoms with Gasteiger partial charge in [-0.2, -0.15) is 0 Å². The quantitative estimate of drug-likeness (QED) is 0.778. The number of thiazole rings is 1. The smallest absolute Gasteiger partial charge is 0.124 e. The molecule has 1 aromatic heterocycles. The van der Waals surface area contributed by atoms with Crippen molar-refractivity contribution in [2.24, 2.45) is 0 Å². The second-order valence-electron chi connectivity index (χ2n) is 3.70. The Balaban J connectivity index is 2.43. The van der Waals surface area contributed by atoms with Crippen molar-refractivity contribution < 1.29 is 0 Å². The van der Waals surface area contributed by atoms with Crippen LogP contribution in [0.3, 0.4) is 0 Å². The van der Waals surface area contributed by atoms with Crippen molar-refractivity contribution in [3.63, 3.8) is 0 Å². The van der Waals surface area contributed by atoms with Gasteiger partial charge in [0.25, 0.3) is 0 Å². The fourth-order valence-electron chi connectivity index (χ4n) is 1.37. The summed E-state index contributed by atoms with van der Waals surface area (Å²) in [5.41, 5.74) is 2.34. The molecule has 0 fully saturated rings. The molecule has 0 saturated heterocycles. The molecular weight excluding hydrogens is 270 g/mol. The van der Waals surface area contributed by atoms with Gasteiger partial charge >= 0.3 is 0 Å².